The predicted octanol–water partition coefficient (Wildman–Crippen LogP) is 8.64. The highest BCUT2D eigenvalue weighted by atomic mass is 16.5. The maximum absolute atomic E-state index is 5.85. The molecule has 1 aromatic carbocycles. The van der Waals surface area contributed by atoms with E-state index in [4.69, 9.17) is 4.74 Å². The molecule has 0 saturated heterocycles. The van der Waals surface area contributed by atoms with E-state index in [1.807, 2.05) is 6.20 Å². The summed E-state index contributed by atoms with van der Waals surface area (Å²) in [7, 11) is 0. The van der Waals surface area contributed by atoms with Crippen LogP contribution in [0.25, 0.3) is 11.3 Å². The summed E-state index contributed by atoms with van der Waals surface area (Å²) >= 11 is 0. The van der Waals surface area contributed by atoms with Gasteiger partial charge in [0.15, 0.2) is 0 Å². The molecule has 3 rings (SSSR count). The fourth-order valence-corrected chi connectivity index (χ4v) is 5.08. The van der Waals surface area contributed by atoms with Crippen molar-refractivity contribution in [3.63, 3.8) is 0 Å². The molecular weight excluding hydrogens is 378 g/mol. The van der Waals surface area contributed by atoms with Crippen LogP contribution in [0.3, 0.4) is 0 Å². The van der Waals surface area contributed by atoms with Crippen LogP contribution in [-0.4, -0.2) is 11.6 Å². The van der Waals surface area contributed by atoms with Gasteiger partial charge in [-0.15, -0.1) is 0 Å². The summed E-state index contributed by atoms with van der Waals surface area (Å²) in [6.07, 6.45) is 19.3. The maximum atomic E-state index is 5.85. The lowest BCUT2D eigenvalue weighted by molar-refractivity contribution is 0.243. The Morgan fingerprint density at radius 2 is 1.61 bits per heavy atom. The van der Waals surface area contributed by atoms with Crippen molar-refractivity contribution in [2.45, 2.75) is 97.3 Å². The van der Waals surface area contributed by atoms with Gasteiger partial charge in [0, 0.05) is 5.56 Å². The van der Waals surface area contributed by atoms with Crippen molar-refractivity contribution >= 4 is 0 Å². The first-order valence-electron chi connectivity index (χ1n) is 13.0. The van der Waals surface area contributed by atoms with Crippen LogP contribution in [-0.2, 0) is 6.42 Å². The Balaban J connectivity index is 1.42. The Morgan fingerprint density at radius 1 is 0.839 bits per heavy atom. The van der Waals surface area contributed by atoms with Gasteiger partial charge in [-0.05, 0) is 55.2 Å². The van der Waals surface area contributed by atoms with Gasteiger partial charge in [-0.25, -0.2) is 0 Å². The fourth-order valence-electron chi connectivity index (χ4n) is 5.08. The number of benzene rings is 1. The molecule has 0 aliphatic heterocycles. The number of hydrogen-bond acceptors (Lipinski definition) is 2. The third-order valence-corrected chi connectivity index (χ3v) is 6.93. The molecule has 2 aromatic rings. The minimum absolute atomic E-state index is 0.791. The highest BCUT2D eigenvalue weighted by Crippen LogP contribution is 2.34. The molecule has 0 radical (unpaired) electrons. The summed E-state index contributed by atoms with van der Waals surface area (Å²) in [6, 6.07) is 13.2. The summed E-state index contributed by atoms with van der Waals surface area (Å²) < 4.78 is 5.85. The molecule has 1 aliphatic rings. The van der Waals surface area contributed by atoms with Crippen LogP contribution >= 0.6 is 0 Å². The summed E-state index contributed by atoms with van der Waals surface area (Å²) in [5.74, 6) is 2.81. The molecule has 170 valence electrons. The van der Waals surface area contributed by atoms with E-state index in [0.29, 0.717) is 0 Å². The van der Waals surface area contributed by atoms with Gasteiger partial charge in [0.1, 0.15) is 5.75 Å². The third-order valence-electron chi connectivity index (χ3n) is 6.93. The zero-order valence-corrected chi connectivity index (χ0v) is 20.0. The molecule has 31 heavy (non-hydrogen) atoms. The number of rotatable bonds is 13. The maximum Gasteiger partial charge on any atom is 0.137 e. The van der Waals surface area contributed by atoms with E-state index in [1.54, 1.807) is 0 Å². The molecular formula is C29H43NO. The highest BCUT2D eigenvalue weighted by molar-refractivity contribution is 5.59. The number of unbranched alkanes of at least 4 members (excludes halogenated alkanes) is 4. The Labute approximate surface area is 190 Å². The number of aromatic nitrogens is 1. The second kappa shape index (κ2) is 13.6. The molecule has 2 atom stereocenters. The van der Waals surface area contributed by atoms with Crippen LogP contribution in [0.1, 0.15) is 96.5 Å². The Bertz CT molecular complexity index is 719. The average molecular weight is 422 g/mol. The molecule has 0 spiro atoms. The van der Waals surface area contributed by atoms with Crippen LogP contribution in [0, 0.1) is 11.8 Å². The smallest absolute Gasteiger partial charge is 0.137 e. The van der Waals surface area contributed by atoms with Crippen molar-refractivity contribution in [1.29, 1.82) is 0 Å². The number of nitrogens with zero attached hydrogens (tertiary/aromatic N) is 1. The molecule has 1 fully saturated rings. The van der Waals surface area contributed by atoms with E-state index >= 15 is 0 Å². The van der Waals surface area contributed by atoms with Crippen LogP contribution < -0.4 is 4.74 Å². The molecule has 1 aromatic heterocycles. The Hall–Kier alpha value is -1.83. The molecule has 1 heterocycles. The van der Waals surface area contributed by atoms with E-state index < -0.39 is 0 Å². The molecule has 0 amide bonds. The third kappa shape index (κ3) is 8.31. The lowest BCUT2D eigenvalue weighted by atomic mass is 9.77. The first-order valence-corrected chi connectivity index (χ1v) is 13.0. The molecule has 1 aliphatic carbocycles. The minimum atomic E-state index is 0.791. The number of ether oxygens (including phenoxy) is 1. The largest absolute Gasteiger partial charge is 0.492 e. The number of hydrogen-bond donors (Lipinski definition) is 0. The minimum Gasteiger partial charge on any atom is -0.492 e. The topological polar surface area (TPSA) is 22.1 Å². The number of pyridine rings is 1. The first kappa shape index (κ1) is 23.8. The van der Waals surface area contributed by atoms with Gasteiger partial charge in [-0.1, -0.05) is 95.9 Å². The van der Waals surface area contributed by atoms with Crippen molar-refractivity contribution < 1.29 is 4.74 Å². The van der Waals surface area contributed by atoms with E-state index in [0.717, 1.165) is 36.3 Å². The second-order valence-electron chi connectivity index (χ2n) is 9.56. The van der Waals surface area contributed by atoms with Gasteiger partial charge in [0.2, 0.25) is 0 Å². The Morgan fingerprint density at radius 3 is 2.32 bits per heavy atom. The van der Waals surface area contributed by atoms with Crippen molar-refractivity contribution in [2.75, 3.05) is 6.61 Å². The van der Waals surface area contributed by atoms with Crippen molar-refractivity contribution in [1.82, 2.24) is 4.98 Å². The summed E-state index contributed by atoms with van der Waals surface area (Å²) in [5.41, 5.74) is 3.68. The zero-order chi connectivity index (χ0) is 21.7. The van der Waals surface area contributed by atoms with Crippen LogP contribution in [0.4, 0.5) is 0 Å². The summed E-state index contributed by atoms with van der Waals surface area (Å²) in [5, 5.41) is 0. The highest BCUT2D eigenvalue weighted by Gasteiger charge is 2.21. The molecule has 2 unspecified atom stereocenters. The van der Waals surface area contributed by atoms with Crippen LogP contribution in [0.2, 0.25) is 0 Å². The first-order chi connectivity index (χ1) is 15.3. The zero-order valence-electron chi connectivity index (χ0n) is 20.0. The van der Waals surface area contributed by atoms with Gasteiger partial charge in [0.05, 0.1) is 18.5 Å². The van der Waals surface area contributed by atoms with Crippen LogP contribution in [0.5, 0.6) is 5.75 Å². The molecule has 2 nitrogen and oxygen atoms in total. The number of aryl methyl sites for hydroxylation is 1. The van der Waals surface area contributed by atoms with Crippen LogP contribution in [0.15, 0.2) is 42.6 Å². The van der Waals surface area contributed by atoms with Crippen molar-refractivity contribution in [3.05, 3.63) is 48.2 Å². The van der Waals surface area contributed by atoms with E-state index in [2.05, 4.69) is 55.2 Å². The van der Waals surface area contributed by atoms with Gasteiger partial charge in [0.25, 0.3) is 0 Å². The van der Waals surface area contributed by atoms with Crippen molar-refractivity contribution in [2.24, 2.45) is 11.8 Å². The lowest BCUT2D eigenvalue weighted by Crippen LogP contribution is -2.16. The van der Waals surface area contributed by atoms with Gasteiger partial charge in [-0.3, -0.25) is 4.98 Å². The fraction of sp³-hybridized carbons (Fsp3) is 0.621. The predicted molar refractivity (Wildman–Crippen MR) is 133 cm³/mol. The standard InChI is InChI=1S/C29H43NO/c1-3-5-6-7-8-21-31-28-19-20-29(30-23-28)27-17-15-24(16-18-27)13-14-26-12-9-11-25(22-26)10-4-2/h15-20,23,25-26H,3-14,21-22H2,1-2H3. The molecule has 1 saturated carbocycles. The molecule has 2 heteroatoms. The second-order valence-corrected chi connectivity index (χ2v) is 9.56. The van der Waals surface area contributed by atoms with Gasteiger partial charge >= 0.3 is 0 Å². The normalized spacial score (nSPS) is 18.8. The SMILES string of the molecule is CCCCCCCOc1ccc(-c2ccc(CCC3CCCC(CCC)C3)cc2)nc1. The monoisotopic (exact) mass is 421 g/mol. The summed E-state index contributed by atoms with van der Waals surface area (Å²) in [4.78, 5) is 4.63. The quantitative estimate of drug-likeness (QED) is 0.302. The Kier molecular flexibility index (Phi) is 10.4. The molecule has 0 N–H and O–H groups in total. The van der Waals surface area contributed by atoms with Crippen molar-refractivity contribution in [3.8, 4) is 17.0 Å². The van der Waals surface area contributed by atoms with E-state index in [1.165, 1.54) is 88.2 Å². The lowest BCUT2D eigenvalue weighted by Gasteiger charge is -2.29. The average Bonchev–Trinajstić information content (AvgIpc) is 2.81. The van der Waals surface area contributed by atoms with E-state index in [9.17, 15) is 0 Å². The summed E-state index contributed by atoms with van der Waals surface area (Å²) in [6.45, 7) is 5.37. The van der Waals surface area contributed by atoms with E-state index in [-0.39, 0.29) is 0 Å². The van der Waals surface area contributed by atoms with Gasteiger partial charge in [-0.2, -0.15) is 0 Å². The molecule has 0 bridgehead atoms. The van der Waals surface area contributed by atoms with Gasteiger partial charge < -0.3 is 4.74 Å².